The Kier molecular flexibility index (Phi) is 3.89. The number of amides is 1. The molecule has 1 N–H and O–H groups in total. The van der Waals surface area contributed by atoms with Crippen molar-refractivity contribution >= 4 is 21.8 Å². The zero-order valence-corrected chi connectivity index (χ0v) is 12.4. The van der Waals surface area contributed by atoms with E-state index in [2.05, 4.69) is 33.4 Å². The molecule has 0 saturated carbocycles. The molecular formula is C15H18BrNO2. The summed E-state index contributed by atoms with van der Waals surface area (Å²) in [5.74, 6) is 0.0555. The molecule has 2 atom stereocenters. The van der Waals surface area contributed by atoms with Gasteiger partial charge in [0.15, 0.2) is 0 Å². The summed E-state index contributed by atoms with van der Waals surface area (Å²) in [5.41, 5.74) is 3.16. The first-order valence-electron chi connectivity index (χ1n) is 6.91. The third-order valence-electron chi connectivity index (χ3n) is 3.91. The van der Waals surface area contributed by atoms with Crippen molar-refractivity contribution in [3.63, 3.8) is 0 Å². The molecule has 1 fully saturated rings. The van der Waals surface area contributed by atoms with Crippen LogP contribution >= 0.6 is 15.9 Å². The molecule has 3 nitrogen and oxygen atoms in total. The van der Waals surface area contributed by atoms with E-state index in [9.17, 15) is 4.79 Å². The van der Waals surface area contributed by atoms with Crippen LogP contribution < -0.4 is 5.32 Å². The Morgan fingerprint density at radius 2 is 2.37 bits per heavy atom. The van der Waals surface area contributed by atoms with Gasteiger partial charge in [0.1, 0.15) is 0 Å². The van der Waals surface area contributed by atoms with Crippen molar-refractivity contribution in [3.05, 3.63) is 34.9 Å². The second-order valence-electron chi connectivity index (χ2n) is 5.26. The zero-order chi connectivity index (χ0) is 13.2. The van der Waals surface area contributed by atoms with E-state index in [1.165, 1.54) is 5.56 Å². The highest BCUT2D eigenvalue weighted by Crippen LogP contribution is 2.33. The Hall–Kier alpha value is -0.870. The van der Waals surface area contributed by atoms with E-state index < -0.39 is 0 Å². The van der Waals surface area contributed by atoms with E-state index in [1.54, 1.807) is 0 Å². The lowest BCUT2D eigenvalue weighted by Gasteiger charge is -2.20. The van der Waals surface area contributed by atoms with E-state index in [-0.39, 0.29) is 10.7 Å². The average Bonchev–Trinajstić information content (AvgIpc) is 2.92. The van der Waals surface area contributed by atoms with Crippen molar-refractivity contribution in [1.29, 1.82) is 0 Å². The topological polar surface area (TPSA) is 38.3 Å². The second kappa shape index (κ2) is 5.63. The van der Waals surface area contributed by atoms with Crippen LogP contribution in [0.1, 0.15) is 45.6 Å². The van der Waals surface area contributed by atoms with Crippen LogP contribution in [0.2, 0.25) is 0 Å². The molecule has 2 aliphatic rings. The number of benzene rings is 1. The first kappa shape index (κ1) is 13.1. The molecule has 2 heterocycles. The van der Waals surface area contributed by atoms with Gasteiger partial charge in [-0.2, -0.15) is 0 Å². The normalized spacial score (nSPS) is 23.8. The van der Waals surface area contributed by atoms with Gasteiger partial charge >= 0.3 is 0 Å². The van der Waals surface area contributed by atoms with Crippen molar-refractivity contribution in [1.82, 2.24) is 5.32 Å². The van der Waals surface area contributed by atoms with Gasteiger partial charge in [0.05, 0.1) is 6.10 Å². The summed E-state index contributed by atoms with van der Waals surface area (Å²) < 4.78 is 5.67. The monoisotopic (exact) mass is 323 g/mol. The smallest absolute Gasteiger partial charge is 0.251 e. The van der Waals surface area contributed by atoms with Gasteiger partial charge in [-0.25, -0.2) is 0 Å². The summed E-state index contributed by atoms with van der Waals surface area (Å²) >= 11 is 3.73. The number of ether oxygens (including phenoxy) is 1. The van der Waals surface area contributed by atoms with E-state index in [0.717, 1.165) is 50.0 Å². The van der Waals surface area contributed by atoms with Crippen LogP contribution in [0, 0.1) is 0 Å². The number of hydrogen-bond donors (Lipinski definition) is 1. The highest BCUT2D eigenvalue weighted by Gasteiger charge is 2.22. The first-order chi connectivity index (χ1) is 9.24. The van der Waals surface area contributed by atoms with Crippen molar-refractivity contribution in [2.24, 2.45) is 0 Å². The number of hydrogen-bond acceptors (Lipinski definition) is 2. The summed E-state index contributed by atoms with van der Waals surface area (Å²) in [6.07, 6.45) is 4.57. The lowest BCUT2D eigenvalue weighted by atomic mass is 9.95. The molecule has 1 aromatic carbocycles. The molecule has 0 bridgehead atoms. The lowest BCUT2D eigenvalue weighted by Crippen LogP contribution is -2.31. The Labute approximate surface area is 121 Å². The number of nitrogens with one attached hydrogen (secondary N) is 1. The SMILES string of the molecule is O=C1NCCc2ccc(C(Br)CC3CCCO3)cc21. The minimum absolute atomic E-state index is 0.0555. The Morgan fingerprint density at radius 1 is 1.47 bits per heavy atom. The molecule has 0 radical (unpaired) electrons. The van der Waals surface area contributed by atoms with E-state index >= 15 is 0 Å². The van der Waals surface area contributed by atoms with Gasteiger partial charge in [-0.3, -0.25) is 4.79 Å². The molecule has 1 amide bonds. The number of carbonyl (C=O) groups excluding carboxylic acids is 1. The average molecular weight is 324 g/mol. The predicted octanol–water partition coefficient (Wildman–Crippen LogP) is 2.98. The molecule has 0 spiro atoms. The summed E-state index contributed by atoms with van der Waals surface area (Å²) in [5, 5.41) is 2.90. The predicted molar refractivity (Wildman–Crippen MR) is 77.7 cm³/mol. The highest BCUT2D eigenvalue weighted by molar-refractivity contribution is 9.09. The lowest BCUT2D eigenvalue weighted by molar-refractivity contribution is 0.0946. The minimum Gasteiger partial charge on any atom is -0.378 e. The molecule has 19 heavy (non-hydrogen) atoms. The van der Waals surface area contributed by atoms with Crippen LogP contribution in [0.25, 0.3) is 0 Å². The van der Waals surface area contributed by atoms with Crippen LogP contribution in [0.5, 0.6) is 0 Å². The van der Waals surface area contributed by atoms with Gasteiger partial charge in [0, 0.05) is 23.5 Å². The fourth-order valence-electron chi connectivity index (χ4n) is 2.82. The van der Waals surface area contributed by atoms with E-state index in [4.69, 9.17) is 4.74 Å². The number of alkyl halides is 1. The molecule has 4 heteroatoms. The Balaban J connectivity index is 1.76. The molecule has 2 aliphatic heterocycles. The Bertz CT molecular complexity index is 483. The highest BCUT2D eigenvalue weighted by atomic mass is 79.9. The minimum atomic E-state index is 0.0555. The van der Waals surface area contributed by atoms with Crippen LogP contribution in [0.4, 0.5) is 0 Å². The maximum absolute atomic E-state index is 11.9. The molecule has 3 rings (SSSR count). The quantitative estimate of drug-likeness (QED) is 0.868. The molecule has 2 unspecified atom stereocenters. The van der Waals surface area contributed by atoms with Gasteiger partial charge in [-0.1, -0.05) is 28.1 Å². The van der Waals surface area contributed by atoms with Crippen LogP contribution in [-0.2, 0) is 11.2 Å². The summed E-state index contributed by atoms with van der Waals surface area (Å²) in [4.78, 5) is 12.1. The van der Waals surface area contributed by atoms with Crippen molar-refractivity contribution in [2.45, 2.75) is 36.6 Å². The molecule has 102 valence electrons. The molecule has 1 saturated heterocycles. The molecule has 1 aromatic rings. The number of carbonyl (C=O) groups is 1. The standard InChI is InChI=1S/C15H18BrNO2/c16-14(9-12-2-1-7-19-12)11-4-3-10-5-6-17-15(18)13(10)8-11/h3-4,8,12,14H,1-2,5-7,9H2,(H,17,18). The van der Waals surface area contributed by atoms with E-state index in [0.29, 0.717) is 6.10 Å². The largest absolute Gasteiger partial charge is 0.378 e. The fraction of sp³-hybridized carbons (Fsp3) is 0.533. The second-order valence-corrected chi connectivity index (χ2v) is 6.37. The number of rotatable bonds is 3. The van der Waals surface area contributed by atoms with Gasteiger partial charge < -0.3 is 10.1 Å². The molecule has 0 aromatic heterocycles. The maximum atomic E-state index is 11.9. The van der Waals surface area contributed by atoms with Crippen LogP contribution in [0.3, 0.4) is 0 Å². The third kappa shape index (κ3) is 2.84. The zero-order valence-electron chi connectivity index (χ0n) is 10.8. The van der Waals surface area contributed by atoms with Crippen molar-refractivity contribution in [2.75, 3.05) is 13.2 Å². The fourth-order valence-corrected chi connectivity index (χ4v) is 3.52. The van der Waals surface area contributed by atoms with Gasteiger partial charge in [0.25, 0.3) is 5.91 Å². The van der Waals surface area contributed by atoms with Gasteiger partial charge in [-0.05, 0) is 42.9 Å². The van der Waals surface area contributed by atoms with Gasteiger partial charge in [-0.15, -0.1) is 0 Å². The number of halogens is 1. The third-order valence-corrected chi connectivity index (χ3v) is 4.82. The molecular weight excluding hydrogens is 306 g/mol. The van der Waals surface area contributed by atoms with Crippen LogP contribution in [0.15, 0.2) is 18.2 Å². The summed E-state index contributed by atoms with van der Waals surface area (Å²) in [6, 6.07) is 6.25. The summed E-state index contributed by atoms with van der Waals surface area (Å²) in [6.45, 7) is 1.63. The Morgan fingerprint density at radius 3 is 3.16 bits per heavy atom. The molecule has 0 aliphatic carbocycles. The van der Waals surface area contributed by atoms with Gasteiger partial charge in [0.2, 0.25) is 0 Å². The first-order valence-corrected chi connectivity index (χ1v) is 7.82. The van der Waals surface area contributed by atoms with Crippen LogP contribution in [-0.4, -0.2) is 25.2 Å². The van der Waals surface area contributed by atoms with Crippen molar-refractivity contribution in [3.8, 4) is 0 Å². The van der Waals surface area contributed by atoms with Crippen molar-refractivity contribution < 1.29 is 9.53 Å². The maximum Gasteiger partial charge on any atom is 0.251 e. The number of fused-ring (bicyclic) bond motifs is 1. The van der Waals surface area contributed by atoms with E-state index in [1.807, 2.05) is 6.07 Å². The summed E-state index contributed by atoms with van der Waals surface area (Å²) in [7, 11) is 0.